The number of benzene rings is 1. The molecule has 1 heterocycles. The Bertz CT molecular complexity index is 554. The summed E-state index contributed by atoms with van der Waals surface area (Å²) >= 11 is 11.7. The molecule has 0 aliphatic rings. The van der Waals surface area contributed by atoms with Gasteiger partial charge >= 0.3 is 0 Å². The van der Waals surface area contributed by atoms with Gasteiger partial charge in [-0.1, -0.05) is 23.2 Å². The van der Waals surface area contributed by atoms with Crippen LogP contribution in [0.4, 0.5) is 5.69 Å². The second kappa shape index (κ2) is 5.50. The quantitative estimate of drug-likeness (QED) is 0.879. The second-order valence-corrected chi connectivity index (χ2v) is 4.74. The first kappa shape index (κ1) is 13.1. The average molecular weight is 286 g/mol. The number of rotatable bonds is 4. The van der Waals surface area contributed by atoms with E-state index in [-0.39, 0.29) is 0 Å². The Hall–Kier alpha value is -1.39. The fourth-order valence-corrected chi connectivity index (χ4v) is 1.87. The first-order valence-corrected chi connectivity index (χ1v) is 6.16. The molecule has 0 bridgehead atoms. The molecule has 0 aliphatic carbocycles. The number of anilines is 1. The van der Waals surface area contributed by atoms with Gasteiger partial charge in [-0.25, -0.2) is 0 Å². The van der Waals surface area contributed by atoms with E-state index < -0.39 is 0 Å². The summed E-state index contributed by atoms with van der Waals surface area (Å²) in [6.07, 6.45) is 4.51. The minimum Gasteiger partial charge on any atom is -0.491 e. The predicted octanol–water partition coefficient (Wildman–Crippen LogP) is 2.93. The molecule has 0 saturated heterocycles. The molecule has 18 heavy (non-hydrogen) atoms. The molecule has 2 N–H and O–H groups in total. The van der Waals surface area contributed by atoms with E-state index in [0.29, 0.717) is 28.1 Å². The third-order valence-electron chi connectivity index (χ3n) is 2.46. The van der Waals surface area contributed by atoms with Crippen molar-refractivity contribution >= 4 is 28.9 Å². The number of aromatic nitrogens is 2. The Labute approximate surface area is 115 Å². The number of hydrogen-bond donors (Lipinski definition) is 1. The summed E-state index contributed by atoms with van der Waals surface area (Å²) in [6, 6.07) is 3.21. The van der Waals surface area contributed by atoms with Crippen molar-refractivity contribution in [3.8, 4) is 5.75 Å². The highest BCUT2D eigenvalue weighted by atomic mass is 35.5. The zero-order chi connectivity index (χ0) is 13.1. The van der Waals surface area contributed by atoms with Gasteiger partial charge in [-0.15, -0.1) is 0 Å². The van der Waals surface area contributed by atoms with Gasteiger partial charge in [-0.2, -0.15) is 5.10 Å². The van der Waals surface area contributed by atoms with E-state index in [1.165, 1.54) is 0 Å². The SMILES string of the molecule is Cn1cc(CCOc2cc(Cl)c(Cl)cc2N)cn1. The molecule has 2 aromatic rings. The van der Waals surface area contributed by atoms with Crippen LogP contribution in [-0.2, 0) is 13.5 Å². The van der Waals surface area contributed by atoms with Crippen LogP contribution in [0.2, 0.25) is 10.0 Å². The summed E-state index contributed by atoms with van der Waals surface area (Å²) in [4.78, 5) is 0. The molecule has 4 nitrogen and oxygen atoms in total. The van der Waals surface area contributed by atoms with Crippen LogP contribution in [0.5, 0.6) is 5.75 Å². The third-order valence-corrected chi connectivity index (χ3v) is 3.18. The van der Waals surface area contributed by atoms with E-state index >= 15 is 0 Å². The summed E-state index contributed by atoms with van der Waals surface area (Å²) in [5.74, 6) is 0.549. The van der Waals surface area contributed by atoms with Crippen molar-refractivity contribution in [3.63, 3.8) is 0 Å². The fourth-order valence-electron chi connectivity index (χ4n) is 1.55. The van der Waals surface area contributed by atoms with Gasteiger partial charge in [-0.3, -0.25) is 4.68 Å². The van der Waals surface area contributed by atoms with E-state index in [2.05, 4.69) is 5.10 Å². The largest absolute Gasteiger partial charge is 0.491 e. The van der Waals surface area contributed by atoms with Crippen molar-refractivity contribution in [1.82, 2.24) is 9.78 Å². The number of hydrogen-bond acceptors (Lipinski definition) is 3. The first-order valence-electron chi connectivity index (χ1n) is 5.41. The van der Waals surface area contributed by atoms with Gasteiger partial charge < -0.3 is 10.5 Å². The number of halogens is 2. The summed E-state index contributed by atoms with van der Waals surface area (Å²) in [5, 5.41) is 4.94. The number of ether oxygens (including phenoxy) is 1. The Morgan fingerprint density at radius 2 is 2.06 bits per heavy atom. The minimum absolute atomic E-state index is 0.425. The van der Waals surface area contributed by atoms with Gasteiger partial charge in [0.15, 0.2) is 0 Å². The summed E-state index contributed by atoms with van der Waals surface area (Å²) in [7, 11) is 1.88. The van der Waals surface area contributed by atoms with Gasteiger partial charge in [0, 0.05) is 25.7 Å². The topological polar surface area (TPSA) is 53.1 Å². The van der Waals surface area contributed by atoms with Crippen LogP contribution in [-0.4, -0.2) is 16.4 Å². The van der Waals surface area contributed by atoms with Crippen LogP contribution in [0.25, 0.3) is 0 Å². The molecule has 6 heteroatoms. The smallest absolute Gasteiger partial charge is 0.143 e. The monoisotopic (exact) mass is 285 g/mol. The lowest BCUT2D eigenvalue weighted by atomic mass is 10.2. The van der Waals surface area contributed by atoms with E-state index in [4.69, 9.17) is 33.7 Å². The fraction of sp³-hybridized carbons (Fsp3) is 0.250. The van der Waals surface area contributed by atoms with Crippen LogP contribution >= 0.6 is 23.2 Å². The molecule has 0 saturated carbocycles. The van der Waals surface area contributed by atoms with Crippen LogP contribution in [0.3, 0.4) is 0 Å². The number of nitrogens with zero attached hydrogens (tertiary/aromatic N) is 2. The normalized spacial score (nSPS) is 10.6. The molecule has 0 fully saturated rings. The summed E-state index contributed by atoms with van der Waals surface area (Å²) in [6.45, 7) is 0.508. The maximum absolute atomic E-state index is 5.90. The molecule has 96 valence electrons. The Kier molecular flexibility index (Phi) is 3.99. The highest BCUT2D eigenvalue weighted by Gasteiger charge is 2.06. The van der Waals surface area contributed by atoms with Crippen molar-refractivity contribution in [3.05, 3.63) is 40.1 Å². The summed E-state index contributed by atoms with van der Waals surface area (Å²) in [5.41, 5.74) is 7.38. The molecule has 0 radical (unpaired) electrons. The number of aryl methyl sites for hydroxylation is 1. The van der Waals surface area contributed by atoms with Crippen molar-refractivity contribution in [2.24, 2.45) is 7.05 Å². The molecule has 1 aromatic carbocycles. The molecular formula is C12H13Cl2N3O. The molecule has 0 spiro atoms. The molecule has 0 unspecified atom stereocenters. The lowest BCUT2D eigenvalue weighted by Crippen LogP contribution is -2.03. The molecule has 0 amide bonds. The highest BCUT2D eigenvalue weighted by molar-refractivity contribution is 6.42. The highest BCUT2D eigenvalue weighted by Crippen LogP contribution is 2.32. The zero-order valence-electron chi connectivity index (χ0n) is 9.86. The number of nitrogen functional groups attached to an aromatic ring is 1. The van der Waals surface area contributed by atoms with Gasteiger partial charge in [0.1, 0.15) is 5.75 Å². The Morgan fingerprint density at radius 1 is 1.33 bits per heavy atom. The molecule has 2 rings (SSSR count). The lowest BCUT2D eigenvalue weighted by Gasteiger charge is -2.09. The average Bonchev–Trinajstić information content (AvgIpc) is 2.71. The van der Waals surface area contributed by atoms with Crippen molar-refractivity contribution in [1.29, 1.82) is 0 Å². The molecule has 0 aliphatic heterocycles. The van der Waals surface area contributed by atoms with Crippen LogP contribution in [0.1, 0.15) is 5.56 Å². The van der Waals surface area contributed by atoms with Gasteiger partial charge in [-0.05, 0) is 11.6 Å². The molecule has 1 aromatic heterocycles. The first-order chi connectivity index (χ1) is 8.56. The molecule has 0 atom stereocenters. The second-order valence-electron chi connectivity index (χ2n) is 3.92. The van der Waals surface area contributed by atoms with Crippen LogP contribution in [0, 0.1) is 0 Å². The van der Waals surface area contributed by atoms with Crippen molar-refractivity contribution < 1.29 is 4.74 Å². The van der Waals surface area contributed by atoms with Crippen LogP contribution < -0.4 is 10.5 Å². The summed E-state index contributed by atoms with van der Waals surface area (Å²) < 4.78 is 7.33. The van der Waals surface area contributed by atoms with E-state index in [1.54, 1.807) is 16.8 Å². The maximum Gasteiger partial charge on any atom is 0.143 e. The van der Waals surface area contributed by atoms with Crippen molar-refractivity contribution in [2.75, 3.05) is 12.3 Å². The van der Waals surface area contributed by atoms with Gasteiger partial charge in [0.2, 0.25) is 0 Å². The standard InChI is InChI=1S/C12H13Cl2N3O/c1-17-7-8(6-16-17)2-3-18-12-5-10(14)9(13)4-11(12)15/h4-7H,2-3,15H2,1H3. The third kappa shape index (κ3) is 3.09. The predicted molar refractivity (Wildman–Crippen MR) is 73.3 cm³/mol. The van der Waals surface area contributed by atoms with Crippen molar-refractivity contribution in [2.45, 2.75) is 6.42 Å². The Balaban J connectivity index is 1.96. The van der Waals surface area contributed by atoms with Gasteiger partial charge in [0.25, 0.3) is 0 Å². The van der Waals surface area contributed by atoms with E-state index in [1.807, 2.05) is 19.4 Å². The minimum atomic E-state index is 0.425. The van der Waals surface area contributed by atoms with E-state index in [9.17, 15) is 0 Å². The maximum atomic E-state index is 5.90. The van der Waals surface area contributed by atoms with E-state index in [0.717, 1.165) is 12.0 Å². The zero-order valence-corrected chi connectivity index (χ0v) is 11.4. The Morgan fingerprint density at radius 3 is 2.72 bits per heavy atom. The van der Waals surface area contributed by atoms with Crippen LogP contribution in [0.15, 0.2) is 24.5 Å². The van der Waals surface area contributed by atoms with Gasteiger partial charge in [0.05, 0.1) is 28.5 Å². The molecular weight excluding hydrogens is 273 g/mol. The number of nitrogens with two attached hydrogens (primary N) is 1. The lowest BCUT2D eigenvalue weighted by molar-refractivity contribution is 0.323.